The monoisotopic (exact) mass is 663 g/mol. The van der Waals surface area contributed by atoms with Crippen molar-refractivity contribution in [3.05, 3.63) is 82.2 Å². The molecule has 5 rings (SSSR count). The van der Waals surface area contributed by atoms with Gasteiger partial charge in [0.05, 0.1) is 26.0 Å². The predicted octanol–water partition coefficient (Wildman–Crippen LogP) is 9.21. The highest BCUT2D eigenvalue weighted by Gasteiger charge is 2.27. The number of hydrogen-bond donors (Lipinski definition) is 1. The zero-order valence-electron chi connectivity index (χ0n) is 26.6. The van der Waals surface area contributed by atoms with Crippen molar-refractivity contribution in [3.63, 3.8) is 0 Å². The van der Waals surface area contributed by atoms with Crippen molar-refractivity contribution < 1.29 is 33.6 Å². The molecule has 1 aliphatic heterocycles. The van der Waals surface area contributed by atoms with Gasteiger partial charge >= 0.3 is 6.16 Å². The van der Waals surface area contributed by atoms with Gasteiger partial charge < -0.3 is 28.8 Å². The fourth-order valence-electron chi connectivity index (χ4n) is 5.54. The van der Waals surface area contributed by atoms with Crippen molar-refractivity contribution in [3.8, 4) is 34.3 Å². The number of thiazole rings is 1. The van der Waals surface area contributed by atoms with E-state index in [2.05, 4.69) is 43.5 Å². The number of hydrogen-bond acceptors (Lipinski definition) is 9. The molecule has 0 amide bonds. The third kappa shape index (κ3) is 8.47. The largest absolute Gasteiger partial charge is 0.508 e. The van der Waals surface area contributed by atoms with Gasteiger partial charge in [-0.15, -0.1) is 11.3 Å². The van der Waals surface area contributed by atoms with Gasteiger partial charge in [0, 0.05) is 40.7 Å². The molecule has 0 aliphatic carbocycles. The van der Waals surface area contributed by atoms with Crippen LogP contribution in [0.15, 0.2) is 64.3 Å². The van der Waals surface area contributed by atoms with Crippen LogP contribution in [-0.2, 0) is 29.8 Å². The first-order valence-electron chi connectivity index (χ1n) is 15.8. The SMILES string of the molecule is CCCc1c(OCCCOc2ccc(-c3csc(SCc4ccccc4)n3)c(OC)c2CCC)ccc2c1OC(OC(=O)O)CC2. The zero-order chi connectivity index (χ0) is 32.3. The number of fused-ring (bicyclic) bond motifs is 1. The lowest BCUT2D eigenvalue weighted by atomic mass is 9.98. The number of thioether (sulfide) groups is 1. The lowest BCUT2D eigenvalue weighted by Crippen LogP contribution is -2.28. The third-order valence-corrected chi connectivity index (χ3v) is 9.71. The minimum Gasteiger partial charge on any atom is -0.496 e. The number of rotatable bonds is 16. The summed E-state index contributed by atoms with van der Waals surface area (Å²) in [4.78, 5) is 16.0. The van der Waals surface area contributed by atoms with Gasteiger partial charge in [-0.1, -0.05) is 74.8 Å². The first kappa shape index (κ1) is 33.5. The average molecular weight is 664 g/mol. The lowest BCUT2D eigenvalue weighted by Gasteiger charge is -2.27. The van der Waals surface area contributed by atoms with E-state index in [4.69, 9.17) is 33.8 Å². The van der Waals surface area contributed by atoms with Gasteiger partial charge in [-0.2, -0.15) is 0 Å². The van der Waals surface area contributed by atoms with Crippen molar-refractivity contribution >= 4 is 29.3 Å². The summed E-state index contributed by atoms with van der Waals surface area (Å²) in [6.07, 6.45) is 3.16. The van der Waals surface area contributed by atoms with Crippen LogP contribution >= 0.6 is 23.1 Å². The predicted molar refractivity (Wildman–Crippen MR) is 182 cm³/mol. The van der Waals surface area contributed by atoms with Crippen LogP contribution in [0.2, 0.25) is 0 Å². The molecule has 1 unspecified atom stereocenters. The van der Waals surface area contributed by atoms with Crippen molar-refractivity contribution in [2.75, 3.05) is 20.3 Å². The minimum absolute atomic E-state index is 0.463. The van der Waals surface area contributed by atoms with E-state index in [-0.39, 0.29) is 0 Å². The number of benzene rings is 3. The van der Waals surface area contributed by atoms with Crippen LogP contribution in [0, 0.1) is 0 Å². The first-order valence-corrected chi connectivity index (χ1v) is 17.7. The molecule has 8 nitrogen and oxygen atoms in total. The van der Waals surface area contributed by atoms with Crippen LogP contribution in [0.25, 0.3) is 11.3 Å². The van der Waals surface area contributed by atoms with E-state index in [0.717, 1.165) is 81.0 Å². The maximum atomic E-state index is 11.1. The van der Waals surface area contributed by atoms with Crippen molar-refractivity contribution in [1.82, 2.24) is 4.98 Å². The summed E-state index contributed by atoms with van der Waals surface area (Å²) in [5.41, 5.74) is 6.20. The van der Waals surface area contributed by atoms with Crippen LogP contribution in [0.5, 0.6) is 23.0 Å². The number of carboxylic acid groups (broad SMARTS) is 1. The smallest absolute Gasteiger partial charge is 0.496 e. The fraction of sp³-hybridized carbons (Fsp3) is 0.389. The molecular weight excluding hydrogens is 623 g/mol. The normalized spacial score (nSPS) is 13.8. The quantitative estimate of drug-likeness (QED) is 0.0715. The molecule has 3 aromatic carbocycles. The van der Waals surface area contributed by atoms with Gasteiger partial charge in [0.25, 0.3) is 0 Å². The van der Waals surface area contributed by atoms with Gasteiger partial charge in [0.2, 0.25) is 6.29 Å². The highest BCUT2D eigenvalue weighted by atomic mass is 32.2. The van der Waals surface area contributed by atoms with E-state index in [1.807, 2.05) is 30.3 Å². The van der Waals surface area contributed by atoms with E-state index in [1.165, 1.54) is 5.56 Å². The summed E-state index contributed by atoms with van der Waals surface area (Å²) in [7, 11) is 1.71. The Morgan fingerprint density at radius 3 is 2.43 bits per heavy atom. The first-order chi connectivity index (χ1) is 22.5. The van der Waals surface area contributed by atoms with Crippen molar-refractivity contribution in [1.29, 1.82) is 0 Å². The Balaban J connectivity index is 1.21. The fourth-order valence-corrected chi connectivity index (χ4v) is 7.32. The second kappa shape index (κ2) is 16.6. The molecule has 1 aromatic heterocycles. The highest BCUT2D eigenvalue weighted by molar-refractivity contribution is 8.00. The maximum absolute atomic E-state index is 11.1. The van der Waals surface area contributed by atoms with E-state index in [1.54, 1.807) is 30.2 Å². The van der Waals surface area contributed by atoms with Gasteiger partial charge in [0.15, 0.2) is 4.34 Å². The molecule has 0 spiro atoms. The molecule has 1 atom stereocenters. The third-order valence-electron chi connectivity index (χ3n) is 7.62. The molecule has 10 heteroatoms. The Hall–Kier alpha value is -3.89. The van der Waals surface area contributed by atoms with Crippen LogP contribution in [0.4, 0.5) is 4.79 Å². The van der Waals surface area contributed by atoms with E-state index < -0.39 is 12.4 Å². The molecule has 0 saturated heterocycles. The van der Waals surface area contributed by atoms with Gasteiger partial charge in [-0.3, -0.25) is 0 Å². The lowest BCUT2D eigenvalue weighted by molar-refractivity contribution is -0.0640. The Morgan fingerprint density at radius 1 is 1.00 bits per heavy atom. The molecule has 0 bridgehead atoms. The number of aryl methyl sites for hydroxylation is 1. The molecule has 2 heterocycles. The average Bonchev–Trinajstić information content (AvgIpc) is 3.54. The number of ether oxygens (including phenoxy) is 5. The second-order valence-corrected chi connectivity index (χ2v) is 13.0. The summed E-state index contributed by atoms with van der Waals surface area (Å²) >= 11 is 3.39. The summed E-state index contributed by atoms with van der Waals surface area (Å²) in [5, 5.41) is 11.1. The summed E-state index contributed by atoms with van der Waals surface area (Å²) < 4.78 is 30.4. The van der Waals surface area contributed by atoms with Crippen LogP contribution < -0.4 is 18.9 Å². The van der Waals surface area contributed by atoms with Crippen LogP contribution in [-0.4, -0.2) is 42.9 Å². The van der Waals surface area contributed by atoms with E-state index in [0.29, 0.717) is 38.2 Å². The number of carbonyl (C=O) groups is 1. The highest BCUT2D eigenvalue weighted by Crippen LogP contribution is 2.41. The Morgan fingerprint density at radius 2 is 1.72 bits per heavy atom. The Labute approximate surface area is 279 Å². The van der Waals surface area contributed by atoms with E-state index in [9.17, 15) is 4.79 Å². The second-order valence-electron chi connectivity index (χ2n) is 10.9. The molecule has 0 radical (unpaired) electrons. The Kier molecular flexibility index (Phi) is 12.1. The van der Waals surface area contributed by atoms with Gasteiger partial charge in [0.1, 0.15) is 23.0 Å². The standard InChI is InChI=1S/C36H41NO7S2/c1-4-10-27-30(17-14-25-15-19-32(43-33(25)27)44-36(38)39)41-20-9-21-42-31-18-16-26(34(40-3)28(31)11-5-2)29-23-46-35(37-29)45-22-24-12-7-6-8-13-24/h6-8,12-14,16-18,23,32H,4-5,9-11,15,19-22H2,1-3H3,(H,38,39). The van der Waals surface area contributed by atoms with Crippen molar-refractivity contribution in [2.45, 2.75) is 75.2 Å². The molecule has 244 valence electrons. The summed E-state index contributed by atoms with van der Waals surface area (Å²) in [5.74, 6) is 3.94. The zero-order valence-corrected chi connectivity index (χ0v) is 28.2. The van der Waals surface area contributed by atoms with Gasteiger partial charge in [-0.25, -0.2) is 9.78 Å². The minimum atomic E-state index is -1.34. The van der Waals surface area contributed by atoms with Gasteiger partial charge in [-0.05, 0) is 48.6 Å². The summed E-state index contributed by atoms with van der Waals surface area (Å²) in [6.45, 7) is 5.19. The van der Waals surface area contributed by atoms with E-state index >= 15 is 0 Å². The molecule has 4 aromatic rings. The number of methoxy groups -OCH3 is 1. The van der Waals surface area contributed by atoms with Crippen molar-refractivity contribution in [2.24, 2.45) is 0 Å². The van der Waals surface area contributed by atoms with Crippen LogP contribution in [0.1, 0.15) is 61.8 Å². The molecule has 1 aliphatic rings. The molecular formula is C36H41NO7S2. The van der Waals surface area contributed by atoms with Crippen LogP contribution in [0.3, 0.4) is 0 Å². The number of nitrogens with zero attached hydrogens (tertiary/aromatic N) is 1. The molecule has 0 saturated carbocycles. The maximum Gasteiger partial charge on any atom is 0.508 e. The Bertz CT molecular complexity index is 1590. The molecule has 0 fully saturated rings. The summed E-state index contributed by atoms with van der Waals surface area (Å²) in [6, 6.07) is 18.5. The topological polar surface area (TPSA) is 96.3 Å². The molecule has 1 N–H and O–H groups in total. The molecule has 46 heavy (non-hydrogen) atoms. The number of aromatic nitrogens is 1.